The topological polar surface area (TPSA) is 162 Å². The van der Waals surface area contributed by atoms with E-state index in [1.807, 2.05) is 6.21 Å². The number of aliphatic hydroxyl groups excluding tert-OH is 2. The van der Waals surface area contributed by atoms with Crippen molar-refractivity contribution in [3.63, 3.8) is 0 Å². The van der Waals surface area contributed by atoms with Gasteiger partial charge in [0, 0.05) is 36.0 Å². The molecule has 0 amide bonds. The van der Waals surface area contributed by atoms with Gasteiger partial charge in [0.1, 0.15) is 19.3 Å². The molecule has 10 heteroatoms. The third-order valence-corrected chi connectivity index (χ3v) is 12.1. The molecule has 0 unspecified atom stereocenters. The zero-order valence-electron chi connectivity index (χ0n) is 24.1. The van der Waals surface area contributed by atoms with E-state index in [0.29, 0.717) is 45.1 Å². The minimum atomic E-state index is -1.13. The molecule has 1 saturated heterocycles. The number of carbonyl (C=O) groups is 1. The minimum Gasteiger partial charge on any atom is -0.458 e. The highest BCUT2D eigenvalue weighted by Crippen LogP contribution is 2.70. The number of aliphatic imine (C=N–C) groups is 1. The molecule has 0 bridgehead atoms. The molecule has 0 aromatic heterocycles. The van der Waals surface area contributed by atoms with E-state index >= 15 is 0 Å². The summed E-state index contributed by atoms with van der Waals surface area (Å²) in [6.45, 7) is 4.19. The first-order valence-corrected chi connectivity index (χ1v) is 15.3. The Balaban J connectivity index is 1.26. The van der Waals surface area contributed by atoms with Crippen LogP contribution in [0.2, 0.25) is 0 Å². The van der Waals surface area contributed by atoms with Gasteiger partial charge in [-0.1, -0.05) is 6.92 Å². The van der Waals surface area contributed by atoms with Gasteiger partial charge in [0.25, 0.3) is 0 Å². The zero-order valence-corrected chi connectivity index (χ0v) is 24.1. The van der Waals surface area contributed by atoms with Crippen LogP contribution in [0.15, 0.2) is 16.6 Å². The Bertz CT molecular complexity index is 1140. The van der Waals surface area contributed by atoms with Crippen LogP contribution in [0.1, 0.15) is 78.1 Å². The summed E-state index contributed by atoms with van der Waals surface area (Å²) in [4.78, 5) is 16.4. The van der Waals surface area contributed by atoms with Gasteiger partial charge >= 0.3 is 5.97 Å². The number of aliphatic hydroxyl groups is 4. The number of carbonyl (C=O) groups excluding carboxylic acids is 1. The molecule has 0 aromatic rings. The van der Waals surface area contributed by atoms with Crippen LogP contribution in [-0.4, -0.2) is 87.7 Å². The number of cyclic esters (lactones) is 1. The molecular formula is C31H44N2O8. The third-order valence-electron chi connectivity index (χ3n) is 12.1. The van der Waals surface area contributed by atoms with E-state index in [-0.39, 0.29) is 42.8 Å². The van der Waals surface area contributed by atoms with E-state index in [4.69, 9.17) is 14.2 Å². The minimum absolute atomic E-state index is 0.00933. The highest BCUT2D eigenvalue weighted by atomic mass is 16.7. The van der Waals surface area contributed by atoms with Crippen molar-refractivity contribution >= 4 is 12.2 Å². The van der Waals surface area contributed by atoms with Crippen LogP contribution in [0.25, 0.3) is 0 Å². The molecule has 2 aliphatic heterocycles. The molecule has 0 aromatic carbocycles. The van der Waals surface area contributed by atoms with Crippen molar-refractivity contribution in [2.45, 2.75) is 120 Å². The largest absolute Gasteiger partial charge is 0.458 e. The van der Waals surface area contributed by atoms with Gasteiger partial charge in [0.05, 0.1) is 35.6 Å². The lowest BCUT2D eigenvalue weighted by Gasteiger charge is -2.66. The van der Waals surface area contributed by atoms with Crippen LogP contribution in [-0.2, 0) is 19.0 Å². The molecule has 4 aliphatic carbocycles. The summed E-state index contributed by atoms with van der Waals surface area (Å²) in [5, 5.41) is 54.5. The van der Waals surface area contributed by atoms with Crippen molar-refractivity contribution in [3.05, 3.63) is 11.6 Å². The summed E-state index contributed by atoms with van der Waals surface area (Å²) in [6, 6.07) is 2.09. The second kappa shape index (κ2) is 10.4. The molecular weight excluding hydrogens is 528 g/mol. The molecule has 0 spiro atoms. The average Bonchev–Trinajstić information content (AvgIpc) is 3.47. The summed E-state index contributed by atoms with van der Waals surface area (Å²) in [6.07, 6.45) is 5.97. The Morgan fingerprint density at radius 3 is 2.63 bits per heavy atom. The first-order chi connectivity index (χ1) is 19.5. The molecule has 2 heterocycles. The Morgan fingerprint density at radius 1 is 1.15 bits per heavy atom. The van der Waals surface area contributed by atoms with Gasteiger partial charge in [-0.25, -0.2) is 4.79 Å². The fourth-order valence-corrected chi connectivity index (χ4v) is 10.0. The van der Waals surface area contributed by atoms with Crippen molar-refractivity contribution in [2.24, 2.45) is 33.6 Å². The predicted molar refractivity (Wildman–Crippen MR) is 146 cm³/mol. The number of rotatable bonds is 5. The second-order valence-corrected chi connectivity index (χ2v) is 13.8. The lowest BCUT2D eigenvalue weighted by atomic mass is 9.41. The molecule has 4 N–H and O–H groups in total. The maximum Gasteiger partial charge on any atom is 0.331 e. The Kier molecular flexibility index (Phi) is 7.40. The standard InChI is InChI=1S/C31H44N2O8/c1-18-27(36)24(34)14-26(40-18)41-20-3-8-29(17-33-12-11-32)22-4-7-28(2)21(19-13-25(35)39-16-19)6-10-31(28,38)23(22)5-9-30(29,37)15-20/h13,17-18,20-24,26-27,34,36-38H,3-10,12,14-16H2,1-2H3/t18-,20+,21+,22-,23+,24+,26+,27-,28-,29+,30-,31+/m1/s1. The SMILES string of the molecule is C[C@H]1O[C@@H](O[C@H]2CC[C@]3(C=NCC#N)[C@@H]4CC[C@]5(C)[C@H](C6=CC(=O)OC6)CC[C@]5(O)[C@H]4CC[C@@]3(O)C2)C[C@H](O)[C@@H]1O. The van der Waals surface area contributed by atoms with Crippen LogP contribution in [0.5, 0.6) is 0 Å². The van der Waals surface area contributed by atoms with Crippen molar-refractivity contribution in [1.29, 1.82) is 5.26 Å². The number of esters is 1. The molecule has 6 rings (SSSR count). The van der Waals surface area contributed by atoms with Gasteiger partial charge < -0.3 is 34.6 Å². The van der Waals surface area contributed by atoms with Crippen molar-refractivity contribution in [2.75, 3.05) is 13.2 Å². The van der Waals surface area contributed by atoms with Crippen molar-refractivity contribution < 1.29 is 39.4 Å². The quantitative estimate of drug-likeness (QED) is 0.167. The lowest BCUT2D eigenvalue weighted by Crippen LogP contribution is -2.69. The average molecular weight is 573 g/mol. The third kappa shape index (κ3) is 4.42. The highest BCUT2D eigenvalue weighted by Gasteiger charge is 2.71. The maximum atomic E-state index is 12.5. The number of nitrogens with zero attached hydrogens (tertiary/aromatic N) is 2. The van der Waals surface area contributed by atoms with Crippen LogP contribution in [0.3, 0.4) is 0 Å². The Labute approximate surface area is 241 Å². The molecule has 41 heavy (non-hydrogen) atoms. The second-order valence-electron chi connectivity index (χ2n) is 13.8. The number of ether oxygens (including phenoxy) is 3. The smallest absolute Gasteiger partial charge is 0.331 e. The Morgan fingerprint density at radius 2 is 1.93 bits per heavy atom. The lowest BCUT2D eigenvalue weighted by molar-refractivity contribution is -0.282. The monoisotopic (exact) mass is 572 g/mol. The molecule has 12 atom stereocenters. The molecule has 10 nitrogen and oxygen atoms in total. The van der Waals surface area contributed by atoms with Crippen LogP contribution in [0.4, 0.5) is 0 Å². The zero-order chi connectivity index (χ0) is 29.2. The van der Waals surface area contributed by atoms with E-state index in [0.717, 1.165) is 24.8 Å². The van der Waals surface area contributed by atoms with Gasteiger partial charge in [-0.15, -0.1) is 0 Å². The number of fused-ring (bicyclic) bond motifs is 5. The molecule has 226 valence electrons. The molecule has 5 fully saturated rings. The first kappa shape index (κ1) is 29.2. The van der Waals surface area contributed by atoms with E-state index < -0.39 is 46.6 Å². The Hall–Kier alpha value is -1.87. The summed E-state index contributed by atoms with van der Waals surface area (Å²) >= 11 is 0. The van der Waals surface area contributed by atoms with Crippen LogP contribution >= 0.6 is 0 Å². The van der Waals surface area contributed by atoms with E-state index in [1.165, 1.54) is 0 Å². The fourth-order valence-electron chi connectivity index (χ4n) is 10.0. The normalized spacial score (nSPS) is 51.3. The number of hydrogen-bond acceptors (Lipinski definition) is 10. The van der Waals surface area contributed by atoms with Gasteiger partial charge in [-0.2, -0.15) is 5.26 Å². The highest BCUT2D eigenvalue weighted by molar-refractivity contribution is 5.85. The summed E-state index contributed by atoms with van der Waals surface area (Å²) in [7, 11) is 0. The van der Waals surface area contributed by atoms with E-state index in [9.17, 15) is 30.5 Å². The first-order valence-electron chi connectivity index (χ1n) is 15.3. The number of hydrogen-bond donors (Lipinski definition) is 4. The van der Waals surface area contributed by atoms with Crippen molar-refractivity contribution in [1.82, 2.24) is 0 Å². The summed E-state index contributed by atoms with van der Waals surface area (Å²) in [5.41, 5.74) is -2.19. The van der Waals surface area contributed by atoms with Crippen LogP contribution < -0.4 is 0 Å². The summed E-state index contributed by atoms with van der Waals surface area (Å²) < 4.78 is 17.3. The van der Waals surface area contributed by atoms with Gasteiger partial charge in [-0.3, -0.25) is 4.99 Å². The van der Waals surface area contributed by atoms with Gasteiger partial charge in [0.15, 0.2) is 6.29 Å². The molecule has 6 aliphatic rings. The molecule has 4 saturated carbocycles. The summed E-state index contributed by atoms with van der Waals surface area (Å²) in [5.74, 6) is -0.282. The van der Waals surface area contributed by atoms with E-state index in [2.05, 4.69) is 18.0 Å². The molecule has 0 radical (unpaired) electrons. The van der Waals surface area contributed by atoms with Crippen LogP contribution in [0, 0.1) is 39.9 Å². The van der Waals surface area contributed by atoms with E-state index in [1.54, 1.807) is 13.0 Å². The van der Waals surface area contributed by atoms with Gasteiger partial charge in [0.2, 0.25) is 0 Å². The van der Waals surface area contributed by atoms with Gasteiger partial charge in [-0.05, 0) is 81.6 Å². The van der Waals surface area contributed by atoms with Crippen molar-refractivity contribution in [3.8, 4) is 6.07 Å². The maximum absolute atomic E-state index is 12.5. The fraction of sp³-hybridized carbons (Fsp3) is 0.839. The number of nitriles is 1. The predicted octanol–water partition coefficient (Wildman–Crippen LogP) is 2.17.